The Morgan fingerprint density at radius 3 is 2.43 bits per heavy atom. The van der Waals surface area contributed by atoms with Crippen LogP contribution < -0.4 is 0 Å². The van der Waals surface area contributed by atoms with E-state index >= 15 is 0 Å². The van der Waals surface area contributed by atoms with E-state index in [2.05, 4.69) is 44.5 Å². The summed E-state index contributed by atoms with van der Waals surface area (Å²) in [5, 5.41) is 12.6. The fraction of sp³-hybridized carbons (Fsp3) is 0.211. The molecule has 2 aromatic heterocycles. The van der Waals surface area contributed by atoms with Gasteiger partial charge in [-0.2, -0.15) is 9.78 Å². The Balaban J connectivity index is 1.48. The lowest BCUT2D eigenvalue weighted by atomic mass is 10.1. The number of tetrazole rings is 1. The molecule has 9 heteroatoms. The Hall–Kier alpha value is -3.17. The number of benzene rings is 2. The zero-order chi connectivity index (χ0) is 19.5. The van der Waals surface area contributed by atoms with E-state index in [4.69, 9.17) is 12.2 Å². The topological polar surface area (TPSA) is 69.6 Å². The molecule has 0 aliphatic carbocycles. The van der Waals surface area contributed by atoms with Crippen molar-refractivity contribution in [1.82, 2.24) is 39.5 Å². The highest BCUT2D eigenvalue weighted by Crippen LogP contribution is 2.20. The van der Waals surface area contributed by atoms with Crippen LogP contribution in [0, 0.1) is 4.77 Å². The maximum atomic E-state index is 5.55. The van der Waals surface area contributed by atoms with E-state index in [0.29, 0.717) is 11.4 Å². The van der Waals surface area contributed by atoms with Gasteiger partial charge in [0, 0.05) is 6.04 Å². The molecular formula is C19H20N8S. The molecule has 0 fully saturated rings. The number of aromatic nitrogens is 7. The van der Waals surface area contributed by atoms with Gasteiger partial charge in [-0.25, -0.2) is 14.3 Å². The van der Waals surface area contributed by atoms with Crippen LogP contribution in [0.2, 0.25) is 0 Å². The zero-order valence-corrected chi connectivity index (χ0v) is 16.4. The van der Waals surface area contributed by atoms with Crippen LogP contribution in [0.25, 0.3) is 11.4 Å². The van der Waals surface area contributed by atoms with Crippen LogP contribution in [0.3, 0.4) is 0 Å². The van der Waals surface area contributed by atoms with E-state index in [1.165, 1.54) is 11.9 Å². The average molecular weight is 392 g/mol. The van der Waals surface area contributed by atoms with Crippen molar-refractivity contribution in [2.24, 2.45) is 0 Å². The lowest BCUT2D eigenvalue weighted by molar-refractivity contribution is 0.193. The van der Waals surface area contributed by atoms with Crippen LogP contribution in [0.1, 0.15) is 18.5 Å². The molecule has 1 atom stereocenters. The molecule has 0 aliphatic heterocycles. The van der Waals surface area contributed by atoms with E-state index < -0.39 is 0 Å². The van der Waals surface area contributed by atoms with Crippen molar-refractivity contribution >= 4 is 12.2 Å². The molecule has 142 valence electrons. The van der Waals surface area contributed by atoms with Gasteiger partial charge in [-0.3, -0.25) is 4.90 Å². The fourth-order valence-corrected chi connectivity index (χ4v) is 3.17. The van der Waals surface area contributed by atoms with Gasteiger partial charge in [-0.1, -0.05) is 30.3 Å². The minimum Gasteiger partial charge on any atom is -0.281 e. The third kappa shape index (κ3) is 3.62. The number of hydrogen-bond donors (Lipinski definition) is 0. The molecule has 0 spiro atoms. The lowest BCUT2D eigenvalue weighted by Gasteiger charge is -2.24. The molecule has 2 heterocycles. The normalized spacial score (nSPS) is 12.4. The van der Waals surface area contributed by atoms with Gasteiger partial charge in [0.1, 0.15) is 12.7 Å². The van der Waals surface area contributed by atoms with Crippen LogP contribution in [0.5, 0.6) is 0 Å². The molecular weight excluding hydrogens is 372 g/mol. The Morgan fingerprint density at radius 2 is 1.75 bits per heavy atom. The van der Waals surface area contributed by atoms with Gasteiger partial charge in [-0.05, 0) is 66.4 Å². The van der Waals surface area contributed by atoms with E-state index in [-0.39, 0.29) is 6.04 Å². The molecule has 8 nitrogen and oxygen atoms in total. The van der Waals surface area contributed by atoms with E-state index in [1.807, 2.05) is 49.5 Å². The van der Waals surface area contributed by atoms with Crippen LogP contribution >= 0.6 is 12.2 Å². The lowest BCUT2D eigenvalue weighted by Crippen LogP contribution is -2.26. The van der Waals surface area contributed by atoms with E-state index in [9.17, 15) is 0 Å². The highest BCUT2D eigenvalue weighted by atomic mass is 32.1. The second kappa shape index (κ2) is 7.83. The van der Waals surface area contributed by atoms with Gasteiger partial charge in [0.25, 0.3) is 0 Å². The van der Waals surface area contributed by atoms with Crippen molar-refractivity contribution in [3.63, 3.8) is 0 Å². The maximum Gasteiger partial charge on any atom is 0.221 e. The Labute approximate surface area is 167 Å². The monoisotopic (exact) mass is 392 g/mol. The average Bonchev–Trinajstić information content (AvgIpc) is 3.39. The van der Waals surface area contributed by atoms with Crippen molar-refractivity contribution < 1.29 is 0 Å². The summed E-state index contributed by atoms with van der Waals surface area (Å²) in [5.41, 5.74) is 3.07. The first kappa shape index (κ1) is 18.2. The fourth-order valence-electron chi connectivity index (χ4n) is 2.93. The van der Waals surface area contributed by atoms with Crippen molar-refractivity contribution in [1.29, 1.82) is 0 Å². The summed E-state index contributed by atoms with van der Waals surface area (Å²) >= 11 is 5.55. The molecule has 0 N–H and O–H groups in total. The molecule has 0 amide bonds. The first-order valence-electron chi connectivity index (χ1n) is 8.87. The second-order valence-corrected chi connectivity index (χ2v) is 6.88. The maximum absolute atomic E-state index is 5.55. The molecule has 4 rings (SSSR count). The van der Waals surface area contributed by atoms with E-state index in [1.54, 1.807) is 20.4 Å². The summed E-state index contributed by atoms with van der Waals surface area (Å²) in [5.74, 6) is 0. The zero-order valence-electron chi connectivity index (χ0n) is 15.6. The predicted octanol–water partition coefficient (Wildman–Crippen LogP) is 3.03. The molecule has 0 saturated heterocycles. The SMILES string of the molecule is C[C@@H](c1ccc(-n2cncn2)cc1)N(C)Cn1nnn(-c2ccccc2)c1=S. The molecule has 0 saturated carbocycles. The smallest absolute Gasteiger partial charge is 0.221 e. The Morgan fingerprint density at radius 1 is 1.00 bits per heavy atom. The van der Waals surface area contributed by atoms with E-state index in [0.717, 1.165) is 11.4 Å². The number of hydrogen-bond acceptors (Lipinski definition) is 6. The summed E-state index contributed by atoms with van der Waals surface area (Å²) in [6.07, 6.45) is 3.21. The van der Waals surface area contributed by atoms with Gasteiger partial charge in [-0.15, -0.1) is 0 Å². The minimum absolute atomic E-state index is 0.175. The second-order valence-electron chi connectivity index (χ2n) is 6.51. The van der Waals surface area contributed by atoms with Gasteiger partial charge in [0.05, 0.1) is 18.0 Å². The standard InChI is InChI=1S/C19H20N8S/c1-15(16-8-10-17(11-9-16)25-13-20-12-21-25)24(2)14-26-19(28)27(23-22-26)18-6-4-3-5-7-18/h3-13,15H,14H2,1-2H3/t15-/m0/s1. The van der Waals surface area contributed by atoms with Gasteiger partial charge >= 0.3 is 0 Å². The number of para-hydroxylation sites is 1. The molecule has 2 aromatic carbocycles. The molecule has 0 radical (unpaired) electrons. The largest absolute Gasteiger partial charge is 0.281 e. The van der Waals surface area contributed by atoms with Crippen molar-refractivity contribution in [2.45, 2.75) is 19.6 Å². The third-order valence-corrected chi connectivity index (χ3v) is 5.10. The van der Waals surface area contributed by atoms with Crippen LogP contribution in [0.15, 0.2) is 67.3 Å². The summed E-state index contributed by atoms with van der Waals surface area (Å²) in [6.45, 7) is 2.69. The first-order chi connectivity index (χ1) is 13.6. The Bertz CT molecular complexity index is 1080. The summed E-state index contributed by atoms with van der Waals surface area (Å²) in [7, 11) is 2.04. The van der Waals surface area contributed by atoms with Crippen molar-refractivity contribution in [3.8, 4) is 11.4 Å². The van der Waals surface area contributed by atoms with Crippen LogP contribution in [-0.4, -0.2) is 46.5 Å². The first-order valence-corrected chi connectivity index (χ1v) is 9.28. The molecule has 0 unspecified atom stereocenters. The highest BCUT2D eigenvalue weighted by molar-refractivity contribution is 7.71. The summed E-state index contributed by atoms with van der Waals surface area (Å²) in [6, 6.07) is 18.2. The Kier molecular flexibility index (Phi) is 5.09. The summed E-state index contributed by atoms with van der Waals surface area (Å²) < 4.78 is 5.69. The van der Waals surface area contributed by atoms with Crippen LogP contribution in [0.4, 0.5) is 0 Å². The van der Waals surface area contributed by atoms with Crippen molar-refractivity contribution in [2.75, 3.05) is 7.05 Å². The highest BCUT2D eigenvalue weighted by Gasteiger charge is 2.14. The number of rotatable bonds is 6. The minimum atomic E-state index is 0.175. The van der Waals surface area contributed by atoms with Gasteiger partial charge in [0.15, 0.2) is 0 Å². The summed E-state index contributed by atoms with van der Waals surface area (Å²) in [4.78, 5) is 6.15. The van der Waals surface area contributed by atoms with Gasteiger partial charge in [0.2, 0.25) is 4.77 Å². The quantitative estimate of drug-likeness (QED) is 0.470. The third-order valence-electron chi connectivity index (χ3n) is 4.72. The molecule has 0 aliphatic rings. The molecule has 4 aromatic rings. The predicted molar refractivity (Wildman–Crippen MR) is 108 cm³/mol. The molecule has 28 heavy (non-hydrogen) atoms. The van der Waals surface area contributed by atoms with Crippen molar-refractivity contribution in [3.05, 3.63) is 77.6 Å². The van der Waals surface area contributed by atoms with Gasteiger partial charge < -0.3 is 0 Å². The molecule has 0 bridgehead atoms. The number of nitrogens with zero attached hydrogens (tertiary/aromatic N) is 8. The van der Waals surface area contributed by atoms with Crippen LogP contribution in [-0.2, 0) is 6.67 Å².